The maximum Gasteiger partial charge on any atom is 0.0521 e. The number of nitrogens with two attached hydrogens (primary N) is 1. The fraction of sp³-hybridized carbons (Fsp3) is 1.00. The highest BCUT2D eigenvalue weighted by molar-refractivity contribution is 4.84. The van der Waals surface area contributed by atoms with Crippen LogP contribution in [0.3, 0.4) is 0 Å². The summed E-state index contributed by atoms with van der Waals surface area (Å²) in [4.78, 5) is 5.12. The van der Waals surface area contributed by atoms with Crippen molar-refractivity contribution in [3.8, 4) is 0 Å². The predicted molar refractivity (Wildman–Crippen MR) is 74.7 cm³/mol. The molecule has 0 spiro atoms. The van der Waals surface area contributed by atoms with Gasteiger partial charge in [-0.1, -0.05) is 6.92 Å². The largest absolute Gasteiger partial charge is 0.381 e. The number of rotatable bonds is 3. The summed E-state index contributed by atoms with van der Waals surface area (Å²) in [6, 6.07) is 1.02. The van der Waals surface area contributed by atoms with Gasteiger partial charge in [0.1, 0.15) is 0 Å². The zero-order valence-corrected chi connectivity index (χ0v) is 12.0. The van der Waals surface area contributed by atoms with Crippen LogP contribution in [0.5, 0.6) is 0 Å². The Morgan fingerprint density at radius 1 is 1.33 bits per heavy atom. The van der Waals surface area contributed by atoms with E-state index in [1.54, 1.807) is 0 Å². The molecule has 2 fully saturated rings. The van der Waals surface area contributed by atoms with Crippen LogP contribution in [0, 0.1) is 5.92 Å². The lowest BCUT2D eigenvalue weighted by Crippen LogP contribution is -2.49. The predicted octanol–water partition coefficient (Wildman–Crippen LogP) is 0.766. The van der Waals surface area contributed by atoms with Gasteiger partial charge in [-0.05, 0) is 39.4 Å². The molecule has 2 heterocycles. The van der Waals surface area contributed by atoms with Crippen molar-refractivity contribution >= 4 is 0 Å². The van der Waals surface area contributed by atoms with Crippen molar-refractivity contribution < 1.29 is 4.74 Å². The quantitative estimate of drug-likeness (QED) is 0.809. The zero-order valence-electron chi connectivity index (χ0n) is 12.0. The first-order valence-electron chi connectivity index (χ1n) is 7.46. The molecule has 2 aliphatic heterocycles. The van der Waals surface area contributed by atoms with E-state index >= 15 is 0 Å². The molecule has 0 radical (unpaired) electrons. The minimum absolute atomic E-state index is 0.331. The summed E-state index contributed by atoms with van der Waals surface area (Å²) in [5, 5.41) is 0. The first-order valence-corrected chi connectivity index (χ1v) is 7.46. The van der Waals surface area contributed by atoms with Crippen molar-refractivity contribution in [2.75, 3.05) is 46.4 Å². The van der Waals surface area contributed by atoms with Crippen molar-refractivity contribution in [3.63, 3.8) is 0 Å². The highest BCUT2D eigenvalue weighted by atomic mass is 16.5. The molecule has 0 aromatic carbocycles. The molecule has 0 bridgehead atoms. The van der Waals surface area contributed by atoms with Gasteiger partial charge in [-0.15, -0.1) is 0 Å². The molecule has 3 atom stereocenters. The van der Waals surface area contributed by atoms with E-state index in [1.165, 1.54) is 32.5 Å². The molecule has 0 aromatic heterocycles. The molecule has 0 aromatic rings. The molecular formula is C14H29N3O. The van der Waals surface area contributed by atoms with Gasteiger partial charge in [0.25, 0.3) is 0 Å². The van der Waals surface area contributed by atoms with Gasteiger partial charge in [0.05, 0.1) is 6.61 Å². The Labute approximate surface area is 111 Å². The second-order valence-electron chi connectivity index (χ2n) is 5.96. The second-order valence-corrected chi connectivity index (χ2v) is 5.96. The zero-order chi connectivity index (χ0) is 13.0. The molecule has 0 saturated carbocycles. The topological polar surface area (TPSA) is 41.7 Å². The van der Waals surface area contributed by atoms with Gasteiger partial charge >= 0.3 is 0 Å². The standard InChI is InChI=1S/C14H29N3O/c1-3-13-10-16(2)6-4-7-17(13)9-12-11-18-8-5-14(12)15/h12-14H,3-11,15H2,1-2H3. The van der Waals surface area contributed by atoms with Crippen LogP contribution in [-0.2, 0) is 4.74 Å². The Morgan fingerprint density at radius 3 is 2.89 bits per heavy atom. The van der Waals surface area contributed by atoms with Crippen LogP contribution in [-0.4, -0.2) is 68.3 Å². The molecular weight excluding hydrogens is 226 g/mol. The van der Waals surface area contributed by atoms with E-state index in [1.807, 2.05) is 0 Å². The number of hydrogen-bond donors (Lipinski definition) is 1. The summed E-state index contributed by atoms with van der Waals surface area (Å²) in [5.74, 6) is 0.524. The van der Waals surface area contributed by atoms with Gasteiger partial charge in [-0.2, -0.15) is 0 Å². The minimum atomic E-state index is 0.331. The first kappa shape index (κ1) is 14.3. The summed E-state index contributed by atoms with van der Waals surface area (Å²) in [6.45, 7) is 8.74. The van der Waals surface area contributed by atoms with E-state index in [9.17, 15) is 0 Å². The molecule has 2 N–H and O–H groups in total. The summed E-state index contributed by atoms with van der Waals surface area (Å²) in [6.07, 6.45) is 3.53. The SMILES string of the molecule is CCC1CN(C)CCCN1CC1COCCC1N. The van der Waals surface area contributed by atoms with Gasteiger partial charge in [0.15, 0.2) is 0 Å². The van der Waals surface area contributed by atoms with E-state index in [4.69, 9.17) is 10.5 Å². The van der Waals surface area contributed by atoms with E-state index in [0.29, 0.717) is 18.0 Å². The molecule has 2 saturated heterocycles. The van der Waals surface area contributed by atoms with Gasteiger partial charge < -0.3 is 15.4 Å². The van der Waals surface area contributed by atoms with Gasteiger partial charge in [0, 0.05) is 37.7 Å². The Balaban J connectivity index is 1.92. The Bertz CT molecular complexity index is 249. The highest BCUT2D eigenvalue weighted by Gasteiger charge is 2.28. The monoisotopic (exact) mass is 255 g/mol. The molecule has 4 heteroatoms. The van der Waals surface area contributed by atoms with Crippen molar-refractivity contribution in [1.29, 1.82) is 0 Å². The summed E-state index contributed by atoms with van der Waals surface area (Å²) < 4.78 is 5.60. The van der Waals surface area contributed by atoms with Crippen LogP contribution in [0.25, 0.3) is 0 Å². The van der Waals surface area contributed by atoms with Crippen molar-refractivity contribution in [2.24, 2.45) is 11.7 Å². The maximum absolute atomic E-state index is 6.23. The first-order chi connectivity index (χ1) is 8.70. The van der Waals surface area contributed by atoms with Crippen molar-refractivity contribution in [2.45, 2.75) is 38.3 Å². The lowest BCUT2D eigenvalue weighted by Gasteiger charge is -2.37. The van der Waals surface area contributed by atoms with E-state index in [-0.39, 0.29) is 0 Å². The van der Waals surface area contributed by atoms with Crippen LogP contribution in [0.1, 0.15) is 26.2 Å². The molecule has 2 rings (SSSR count). The Kier molecular flexibility index (Phi) is 5.42. The smallest absolute Gasteiger partial charge is 0.0521 e. The number of likely N-dealkylation sites (N-methyl/N-ethyl adjacent to an activating group) is 1. The average Bonchev–Trinajstić information content (AvgIpc) is 2.54. The molecule has 18 heavy (non-hydrogen) atoms. The van der Waals surface area contributed by atoms with Crippen LogP contribution >= 0.6 is 0 Å². The fourth-order valence-electron chi connectivity index (χ4n) is 3.22. The van der Waals surface area contributed by atoms with Crippen molar-refractivity contribution in [1.82, 2.24) is 9.80 Å². The molecule has 3 unspecified atom stereocenters. The average molecular weight is 255 g/mol. The molecule has 0 aliphatic carbocycles. The lowest BCUT2D eigenvalue weighted by atomic mass is 9.95. The van der Waals surface area contributed by atoms with Gasteiger partial charge in [-0.25, -0.2) is 0 Å². The highest BCUT2D eigenvalue weighted by Crippen LogP contribution is 2.19. The molecule has 0 amide bonds. The van der Waals surface area contributed by atoms with E-state index < -0.39 is 0 Å². The van der Waals surface area contributed by atoms with E-state index in [0.717, 1.165) is 26.2 Å². The normalized spacial score (nSPS) is 36.5. The third-order valence-corrected chi connectivity index (χ3v) is 4.50. The number of hydrogen-bond acceptors (Lipinski definition) is 4. The molecule has 106 valence electrons. The molecule has 4 nitrogen and oxygen atoms in total. The Hall–Kier alpha value is -0.160. The number of ether oxygens (including phenoxy) is 1. The number of nitrogens with zero attached hydrogens (tertiary/aromatic N) is 2. The van der Waals surface area contributed by atoms with Crippen LogP contribution in [0.4, 0.5) is 0 Å². The van der Waals surface area contributed by atoms with Crippen LogP contribution < -0.4 is 5.73 Å². The third-order valence-electron chi connectivity index (χ3n) is 4.50. The molecule has 2 aliphatic rings. The summed E-state index contributed by atoms with van der Waals surface area (Å²) >= 11 is 0. The van der Waals surface area contributed by atoms with Gasteiger partial charge in [-0.3, -0.25) is 4.90 Å². The summed E-state index contributed by atoms with van der Waals surface area (Å²) in [5.41, 5.74) is 6.23. The minimum Gasteiger partial charge on any atom is -0.381 e. The van der Waals surface area contributed by atoms with Crippen molar-refractivity contribution in [3.05, 3.63) is 0 Å². The van der Waals surface area contributed by atoms with Crippen LogP contribution in [0.2, 0.25) is 0 Å². The summed E-state index contributed by atoms with van der Waals surface area (Å²) in [7, 11) is 2.24. The fourth-order valence-corrected chi connectivity index (χ4v) is 3.22. The lowest BCUT2D eigenvalue weighted by molar-refractivity contribution is 0.0190. The van der Waals surface area contributed by atoms with Crippen LogP contribution in [0.15, 0.2) is 0 Å². The third kappa shape index (κ3) is 3.67. The Morgan fingerprint density at radius 2 is 2.17 bits per heavy atom. The van der Waals surface area contributed by atoms with Gasteiger partial charge in [0.2, 0.25) is 0 Å². The maximum atomic E-state index is 6.23. The second kappa shape index (κ2) is 6.85. The van der Waals surface area contributed by atoms with E-state index in [2.05, 4.69) is 23.8 Å².